The summed E-state index contributed by atoms with van der Waals surface area (Å²) in [6.45, 7) is 1.54. The Kier molecular flexibility index (Phi) is 5.43. The highest BCUT2D eigenvalue weighted by Gasteiger charge is 2.21. The van der Waals surface area contributed by atoms with Gasteiger partial charge in [0.25, 0.3) is 5.91 Å². The minimum absolute atomic E-state index is 0.00899. The molecule has 0 N–H and O–H groups in total. The molecule has 25 heavy (non-hydrogen) atoms. The number of rotatable bonds is 5. The van der Waals surface area contributed by atoms with Gasteiger partial charge in [-0.05, 0) is 25.0 Å². The number of ether oxygens (including phenoxy) is 1. The van der Waals surface area contributed by atoms with Crippen molar-refractivity contribution < 1.29 is 14.3 Å². The van der Waals surface area contributed by atoms with Crippen LogP contribution in [-0.4, -0.2) is 54.9 Å². The molecule has 1 aliphatic rings. The van der Waals surface area contributed by atoms with Gasteiger partial charge in [0.15, 0.2) is 6.61 Å². The van der Waals surface area contributed by atoms with Crippen LogP contribution in [-0.2, 0) is 9.59 Å². The molecule has 0 saturated carbocycles. The zero-order valence-corrected chi connectivity index (χ0v) is 15.0. The quantitative estimate of drug-likeness (QED) is 0.823. The Balaban J connectivity index is 1.60. The predicted octanol–water partition coefficient (Wildman–Crippen LogP) is 2.95. The normalized spacial score (nSPS) is 13.9. The number of hydrogen-bond acceptors (Lipinski definition) is 3. The maximum Gasteiger partial charge on any atom is 0.260 e. The molecule has 2 aromatic rings. The summed E-state index contributed by atoms with van der Waals surface area (Å²) in [7, 11) is 1.62. The molecule has 5 nitrogen and oxygen atoms in total. The lowest BCUT2D eigenvalue weighted by Crippen LogP contribution is -2.41. The first kappa shape index (κ1) is 17.5. The number of halogens is 1. The Morgan fingerprint density at radius 3 is 2.52 bits per heavy atom. The van der Waals surface area contributed by atoms with Gasteiger partial charge in [0.05, 0.1) is 6.54 Å². The zero-order chi connectivity index (χ0) is 17.8. The van der Waals surface area contributed by atoms with Gasteiger partial charge >= 0.3 is 0 Å². The topological polar surface area (TPSA) is 49.9 Å². The van der Waals surface area contributed by atoms with E-state index < -0.39 is 0 Å². The molecule has 0 aliphatic carbocycles. The maximum absolute atomic E-state index is 12.3. The van der Waals surface area contributed by atoms with Gasteiger partial charge in [-0.25, -0.2) is 0 Å². The third kappa shape index (κ3) is 4.04. The molecule has 0 atom stereocenters. The monoisotopic (exact) mass is 360 g/mol. The Hall–Kier alpha value is -2.27. The largest absolute Gasteiger partial charge is 0.483 e. The number of likely N-dealkylation sites (tertiary alicyclic amines) is 1. The number of carbonyl (C=O) groups is 2. The summed E-state index contributed by atoms with van der Waals surface area (Å²) in [5.41, 5.74) is 0. The summed E-state index contributed by atoms with van der Waals surface area (Å²) in [6, 6.07) is 11.1. The molecule has 2 aromatic carbocycles. The second-order valence-corrected chi connectivity index (χ2v) is 6.62. The standard InChI is InChI=1S/C19H21ClN2O3/c1-21(12-18(23)22-10-4-5-11-22)19(24)13-25-17-9-8-16(20)14-6-2-3-7-15(14)17/h2-3,6-9H,4-5,10-13H2,1H3. The molecule has 0 bridgehead atoms. The van der Waals surface area contributed by atoms with Crippen LogP contribution in [0.25, 0.3) is 10.8 Å². The first-order chi connectivity index (χ1) is 12.1. The minimum atomic E-state index is -0.230. The molecule has 1 fully saturated rings. The van der Waals surface area contributed by atoms with E-state index in [0.717, 1.165) is 36.7 Å². The van der Waals surface area contributed by atoms with Crippen LogP contribution >= 0.6 is 11.6 Å². The number of benzene rings is 2. The van der Waals surface area contributed by atoms with E-state index in [9.17, 15) is 9.59 Å². The Morgan fingerprint density at radius 2 is 1.80 bits per heavy atom. The number of fused-ring (bicyclic) bond motifs is 1. The Labute approximate surface area is 152 Å². The van der Waals surface area contributed by atoms with Crippen molar-refractivity contribution in [3.63, 3.8) is 0 Å². The van der Waals surface area contributed by atoms with Crippen LogP contribution in [0.1, 0.15) is 12.8 Å². The third-order valence-electron chi connectivity index (χ3n) is 4.44. The van der Waals surface area contributed by atoms with Crippen LogP contribution in [0.2, 0.25) is 5.02 Å². The van der Waals surface area contributed by atoms with Crippen molar-refractivity contribution in [2.45, 2.75) is 12.8 Å². The summed E-state index contributed by atoms with van der Waals surface area (Å²) in [5, 5.41) is 2.38. The molecular weight excluding hydrogens is 340 g/mol. The molecule has 1 heterocycles. The summed E-state index contributed by atoms with van der Waals surface area (Å²) >= 11 is 6.19. The SMILES string of the molecule is CN(CC(=O)N1CCCC1)C(=O)COc1ccc(Cl)c2ccccc12. The van der Waals surface area contributed by atoms with Crippen molar-refractivity contribution in [2.75, 3.05) is 33.3 Å². The van der Waals surface area contributed by atoms with Gasteiger partial charge in [0.1, 0.15) is 5.75 Å². The molecule has 2 amide bonds. The van der Waals surface area contributed by atoms with E-state index in [-0.39, 0.29) is 25.0 Å². The van der Waals surface area contributed by atoms with Crippen LogP contribution in [0.3, 0.4) is 0 Å². The fourth-order valence-corrected chi connectivity index (χ4v) is 3.20. The Morgan fingerprint density at radius 1 is 1.12 bits per heavy atom. The summed E-state index contributed by atoms with van der Waals surface area (Å²) in [4.78, 5) is 27.6. The van der Waals surface area contributed by atoms with E-state index in [2.05, 4.69) is 0 Å². The second kappa shape index (κ2) is 7.74. The van der Waals surface area contributed by atoms with Crippen molar-refractivity contribution in [3.05, 3.63) is 41.4 Å². The maximum atomic E-state index is 12.3. The van der Waals surface area contributed by atoms with E-state index in [4.69, 9.17) is 16.3 Å². The number of amides is 2. The first-order valence-electron chi connectivity index (χ1n) is 8.38. The lowest BCUT2D eigenvalue weighted by Gasteiger charge is -2.21. The molecule has 3 rings (SSSR count). The van der Waals surface area contributed by atoms with Crippen LogP contribution in [0.5, 0.6) is 5.75 Å². The molecule has 6 heteroatoms. The van der Waals surface area contributed by atoms with E-state index >= 15 is 0 Å². The average Bonchev–Trinajstić information content (AvgIpc) is 3.16. The van der Waals surface area contributed by atoms with Gasteiger partial charge in [-0.3, -0.25) is 9.59 Å². The highest BCUT2D eigenvalue weighted by Crippen LogP contribution is 2.31. The molecule has 0 radical (unpaired) electrons. The number of hydrogen-bond donors (Lipinski definition) is 0. The predicted molar refractivity (Wildman–Crippen MR) is 97.9 cm³/mol. The molecule has 1 saturated heterocycles. The smallest absolute Gasteiger partial charge is 0.260 e. The van der Waals surface area contributed by atoms with Gasteiger partial charge in [-0.15, -0.1) is 0 Å². The van der Waals surface area contributed by atoms with Gasteiger partial charge < -0.3 is 14.5 Å². The van der Waals surface area contributed by atoms with Gasteiger partial charge in [0, 0.05) is 35.9 Å². The number of nitrogens with zero attached hydrogens (tertiary/aromatic N) is 2. The van der Waals surface area contributed by atoms with Gasteiger partial charge in [-0.2, -0.15) is 0 Å². The first-order valence-corrected chi connectivity index (χ1v) is 8.76. The van der Waals surface area contributed by atoms with Gasteiger partial charge in [0.2, 0.25) is 5.91 Å². The fourth-order valence-electron chi connectivity index (χ4n) is 2.97. The van der Waals surface area contributed by atoms with E-state index in [1.54, 1.807) is 24.1 Å². The molecule has 0 aromatic heterocycles. The lowest BCUT2D eigenvalue weighted by molar-refractivity contribution is -0.139. The van der Waals surface area contributed by atoms with Crippen molar-refractivity contribution >= 4 is 34.2 Å². The molecular formula is C19H21ClN2O3. The Bertz CT molecular complexity index is 787. The average molecular weight is 361 g/mol. The molecule has 132 valence electrons. The van der Waals surface area contributed by atoms with Gasteiger partial charge in [-0.1, -0.05) is 35.9 Å². The van der Waals surface area contributed by atoms with Crippen LogP contribution in [0.15, 0.2) is 36.4 Å². The molecule has 0 spiro atoms. The van der Waals surface area contributed by atoms with Crippen LogP contribution in [0.4, 0.5) is 0 Å². The number of likely N-dealkylation sites (N-methyl/N-ethyl adjacent to an activating group) is 1. The fraction of sp³-hybridized carbons (Fsp3) is 0.368. The van der Waals surface area contributed by atoms with Crippen molar-refractivity contribution in [1.29, 1.82) is 0 Å². The van der Waals surface area contributed by atoms with Crippen LogP contribution < -0.4 is 4.74 Å². The summed E-state index contributed by atoms with van der Waals surface area (Å²) in [6.07, 6.45) is 2.08. The molecule has 0 unspecified atom stereocenters. The van der Waals surface area contributed by atoms with E-state index in [1.807, 2.05) is 24.3 Å². The lowest BCUT2D eigenvalue weighted by atomic mass is 10.1. The number of carbonyl (C=O) groups excluding carboxylic acids is 2. The van der Waals surface area contributed by atoms with Crippen molar-refractivity contribution in [2.24, 2.45) is 0 Å². The summed E-state index contributed by atoms with van der Waals surface area (Å²) < 4.78 is 5.69. The second-order valence-electron chi connectivity index (χ2n) is 6.22. The van der Waals surface area contributed by atoms with Crippen molar-refractivity contribution in [1.82, 2.24) is 9.80 Å². The highest BCUT2D eigenvalue weighted by atomic mass is 35.5. The molecule has 1 aliphatic heterocycles. The third-order valence-corrected chi connectivity index (χ3v) is 4.77. The highest BCUT2D eigenvalue weighted by molar-refractivity contribution is 6.35. The van der Waals surface area contributed by atoms with E-state index in [0.29, 0.717) is 10.8 Å². The van der Waals surface area contributed by atoms with E-state index in [1.165, 1.54) is 4.90 Å². The van der Waals surface area contributed by atoms with Crippen molar-refractivity contribution in [3.8, 4) is 5.75 Å². The zero-order valence-electron chi connectivity index (χ0n) is 14.2. The minimum Gasteiger partial charge on any atom is -0.483 e. The summed E-state index contributed by atoms with van der Waals surface area (Å²) in [5.74, 6) is 0.365. The van der Waals surface area contributed by atoms with Crippen LogP contribution in [0, 0.1) is 0 Å².